The third-order valence-electron chi connectivity index (χ3n) is 2.74. The number of thiophene rings is 1. The van der Waals surface area contributed by atoms with Gasteiger partial charge >= 0.3 is 0 Å². The van der Waals surface area contributed by atoms with Gasteiger partial charge in [-0.3, -0.25) is 9.59 Å². The SMILES string of the molecule is CC(C)(C)C(=O)Cn1ccc2sccc2c1=O. The summed E-state index contributed by atoms with van der Waals surface area (Å²) in [6, 6.07) is 3.69. The van der Waals surface area contributed by atoms with Crippen molar-refractivity contribution in [2.75, 3.05) is 0 Å². The summed E-state index contributed by atoms with van der Waals surface area (Å²) in [6.07, 6.45) is 1.70. The molecule has 2 aromatic heterocycles. The van der Waals surface area contributed by atoms with Crippen molar-refractivity contribution in [2.24, 2.45) is 5.41 Å². The summed E-state index contributed by atoms with van der Waals surface area (Å²) in [5.74, 6) is 0.0641. The molecule has 2 rings (SSSR count). The number of hydrogen-bond donors (Lipinski definition) is 0. The summed E-state index contributed by atoms with van der Waals surface area (Å²) >= 11 is 1.54. The van der Waals surface area contributed by atoms with E-state index in [9.17, 15) is 9.59 Å². The van der Waals surface area contributed by atoms with E-state index in [1.54, 1.807) is 12.3 Å². The number of Topliss-reactive ketones (excluding diaryl/α,β-unsaturated/α-hetero) is 1. The van der Waals surface area contributed by atoms with Crippen LogP contribution in [0.15, 0.2) is 28.5 Å². The number of fused-ring (bicyclic) bond motifs is 1. The van der Waals surface area contributed by atoms with E-state index in [1.807, 2.05) is 32.2 Å². The number of pyridine rings is 1. The lowest BCUT2D eigenvalue weighted by Crippen LogP contribution is -2.30. The van der Waals surface area contributed by atoms with Crippen LogP contribution in [0.5, 0.6) is 0 Å². The second kappa shape index (κ2) is 4.11. The monoisotopic (exact) mass is 249 g/mol. The van der Waals surface area contributed by atoms with Gasteiger partial charge < -0.3 is 4.57 Å². The Morgan fingerprint density at radius 2 is 2.06 bits per heavy atom. The molecule has 2 heterocycles. The van der Waals surface area contributed by atoms with Crippen LogP contribution in [0, 0.1) is 5.41 Å². The Morgan fingerprint density at radius 3 is 2.71 bits per heavy atom. The highest BCUT2D eigenvalue weighted by molar-refractivity contribution is 7.17. The van der Waals surface area contributed by atoms with Gasteiger partial charge in [0.05, 0.1) is 11.9 Å². The highest BCUT2D eigenvalue weighted by Gasteiger charge is 2.21. The highest BCUT2D eigenvalue weighted by atomic mass is 32.1. The molecular formula is C13H15NO2S. The number of hydrogen-bond acceptors (Lipinski definition) is 3. The first kappa shape index (κ1) is 12.0. The molecule has 0 saturated heterocycles. The molecular weight excluding hydrogens is 234 g/mol. The Kier molecular flexibility index (Phi) is 2.91. The van der Waals surface area contributed by atoms with Crippen molar-refractivity contribution < 1.29 is 4.79 Å². The van der Waals surface area contributed by atoms with E-state index >= 15 is 0 Å². The lowest BCUT2D eigenvalue weighted by Gasteiger charge is -2.17. The lowest BCUT2D eigenvalue weighted by atomic mass is 9.91. The fourth-order valence-corrected chi connectivity index (χ4v) is 2.30. The summed E-state index contributed by atoms with van der Waals surface area (Å²) in [5.41, 5.74) is -0.496. The van der Waals surface area contributed by atoms with E-state index in [1.165, 1.54) is 15.9 Å². The maximum Gasteiger partial charge on any atom is 0.259 e. The zero-order valence-corrected chi connectivity index (χ0v) is 11.0. The van der Waals surface area contributed by atoms with E-state index in [0.717, 1.165) is 4.70 Å². The molecule has 2 aromatic rings. The fraction of sp³-hybridized carbons (Fsp3) is 0.385. The van der Waals surface area contributed by atoms with Crippen LogP contribution in [0.4, 0.5) is 0 Å². The molecule has 0 radical (unpaired) electrons. The molecule has 0 atom stereocenters. The normalized spacial score (nSPS) is 11.9. The second-order valence-electron chi connectivity index (χ2n) is 5.12. The largest absolute Gasteiger partial charge is 0.307 e. The summed E-state index contributed by atoms with van der Waals surface area (Å²) in [4.78, 5) is 24.0. The minimum atomic E-state index is -0.414. The molecule has 17 heavy (non-hydrogen) atoms. The van der Waals surface area contributed by atoms with Gasteiger partial charge in [0.1, 0.15) is 0 Å². The average Bonchev–Trinajstić information content (AvgIpc) is 2.69. The molecule has 0 unspecified atom stereocenters. The number of ketones is 1. The quantitative estimate of drug-likeness (QED) is 0.820. The van der Waals surface area contributed by atoms with Gasteiger partial charge in [-0.05, 0) is 17.5 Å². The molecule has 0 aliphatic heterocycles. The van der Waals surface area contributed by atoms with Crippen molar-refractivity contribution in [3.05, 3.63) is 34.1 Å². The van der Waals surface area contributed by atoms with E-state index in [2.05, 4.69) is 0 Å². The first-order valence-corrected chi connectivity index (χ1v) is 6.37. The van der Waals surface area contributed by atoms with Gasteiger partial charge in [0.15, 0.2) is 5.78 Å². The molecule has 0 fully saturated rings. The molecule has 90 valence electrons. The molecule has 0 aliphatic rings. The Morgan fingerprint density at radius 1 is 1.35 bits per heavy atom. The van der Waals surface area contributed by atoms with E-state index in [-0.39, 0.29) is 17.9 Å². The summed E-state index contributed by atoms with van der Waals surface area (Å²) in [5, 5.41) is 2.58. The van der Waals surface area contributed by atoms with Gasteiger partial charge in [-0.1, -0.05) is 20.8 Å². The molecule has 0 spiro atoms. The molecule has 0 aliphatic carbocycles. The van der Waals surface area contributed by atoms with Crippen molar-refractivity contribution in [1.29, 1.82) is 0 Å². The number of aromatic nitrogens is 1. The van der Waals surface area contributed by atoms with Gasteiger partial charge in [-0.15, -0.1) is 11.3 Å². The lowest BCUT2D eigenvalue weighted by molar-refractivity contribution is -0.126. The third kappa shape index (κ3) is 2.31. The number of carbonyl (C=O) groups excluding carboxylic acids is 1. The number of rotatable bonds is 2. The van der Waals surface area contributed by atoms with E-state index < -0.39 is 5.41 Å². The van der Waals surface area contributed by atoms with E-state index in [0.29, 0.717) is 5.39 Å². The van der Waals surface area contributed by atoms with Crippen LogP contribution in [0.3, 0.4) is 0 Å². The Hall–Kier alpha value is -1.42. The predicted octanol–water partition coefficient (Wildman–Crippen LogP) is 2.68. The van der Waals surface area contributed by atoms with Crippen LogP contribution in [-0.2, 0) is 11.3 Å². The molecule has 0 N–H and O–H groups in total. The zero-order chi connectivity index (χ0) is 12.6. The molecule has 0 amide bonds. The predicted molar refractivity (Wildman–Crippen MR) is 70.5 cm³/mol. The van der Waals surface area contributed by atoms with Crippen LogP contribution in [0.25, 0.3) is 10.1 Å². The maximum atomic E-state index is 12.1. The molecule has 4 heteroatoms. The van der Waals surface area contributed by atoms with Crippen molar-refractivity contribution >= 4 is 27.2 Å². The topological polar surface area (TPSA) is 39.1 Å². The zero-order valence-electron chi connectivity index (χ0n) is 10.2. The van der Waals surface area contributed by atoms with Crippen LogP contribution < -0.4 is 5.56 Å². The van der Waals surface area contributed by atoms with Gasteiger partial charge in [0.2, 0.25) is 0 Å². The summed E-state index contributed by atoms with van der Waals surface area (Å²) < 4.78 is 2.46. The fourth-order valence-electron chi connectivity index (χ4n) is 1.52. The Labute approximate surface area is 104 Å². The van der Waals surface area contributed by atoms with Crippen LogP contribution >= 0.6 is 11.3 Å². The first-order chi connectivity index (χ1) is 7.89. The Bertz CT molecular complexity index is 616. The third-order valence-corrected chi connectivity index (χ3v) is 3.62. The smallest absolute Gasteiger partial charge is 0.259 e. The van der Waals surface area contributed by atoms with Crippen molar-refractivity contribution in [3.8, 4) is 0 Å². The van der Waals surface area contributed by atoms with Gasteiger partial charge in [-0.25, -0.2) is 0 Å². The minimum absolute atomic E-state index is 0.0641. The maximum absolute atomic E-state index is 12.1. The second-order valence-corrected chi connectivity index (χ2v) is 6.07. The van der Waals surface area contributed by atoms with Crippen LogP contribution in [0.2, 0.25) is 0 Å². The molecule has 0 saturated carbocycles. The molecule has 0 bridgehead atoms. The van der Waals surface area contributed by atoms with Crippen molar-refractivity contribution in [1.82, 2.24) is 4.57 Å². The molecule has 3 nitrogen and oxygen atoms in total. The van der Waals surface area contributed by atoms with Crippen LogP contribution in [-0.4, -0.2) is 10.4 Å². The number of nitrogens with zero attached hydrogens (tertiary/aromatic N) is 1. The van der Waals surface area contributed by atoms with E-state index in [4.69, 9.17) is 0 Å². The van der Waals surface area contributed by atoms with Gasteiger partial charge in [0, 0.05) is 16.3 Å². The van der Waals surface area contributed by atoms with Crippen molar-refractivity contribution in [2.45, 2.75) is 27.3 Å². The molecule has 0 aromatic carbocycles. The summed E-state index contributed by atoms with van der Waals surface area (Å²) in [7, 11) is 0. The highest BCUT2D eigenvalue weighted by Crippen LogP contribution is 2.18. The average molecular weight is 249 g/mol. The first-order valence-electron chi connectivity index (χ1n) is 5.49. The van der Waals surface area contributed by atoms with Gasteiger partial charge in [0.25, 0.3) is 5.56 Å². The minimum Gasteiger partial charge on any atom is -0.307 e. The van der Waals surface area contributed by atoms with Gasteiger partial charge in [-0.2, -0.15) is 0 Å². The number of carbonyl (C=O) groups is 1. The van der Waals surface area contributed by atoms with Crippen molar-refractivity contribution in [3.63, 3.8) is 0 Å². The van der Waals surface area contributed by atoms with Crippen LogP contribution in [0.1, 0.15) is 20.8 Å². The standard InChI is InChI=1S/C13H15NO2S/c1-13(2,3)11(15)8-14-6-4-10-9(12(14)16)5-7-17-10/h4-7H,8H2,1-3H3. The summed E-state index contributed by atoms with van der Waals surface area (Å²) in [6.45, 7) is 5.74. The Balaban J connectivity index is 2.40.